The van der Waals surface area contributed by atoms with E-state index in [0.29, 0.717) is 38.7 Å². The van der Waals surface area contributed by atoms with Crippen LogP contribution in [0.25, 0.3) is 10.9 Å². The van der Waals surface area contributed by atoms with Crippen molar-refractivity contribution in [1.29, 1.82) is 5.26 Å². The number of unbranched alkanes of at least 4 members (excludes halogenated alkanes) is 1. The quantitative estimate of drug-likeness (QED) is 0.117. The zero-order valence-corrected chi connectivity index (χ0v) is 23.4. The minimum atomic E-state index is -0.554. The molecular weight excluding hydrogens is 618 g/mol. The highest BCUT2D eigenvalue weighted by Crippen LogP contribution is 2.34. The Labute approximate surface area is 234 Å². The molecule has 3 aromatic carbocycles. The number of nitrogens with zero attached hydrogens (tertiary/aromatic N) is 5. The highest BCUT2D eigenvalue weighted by Gasteiger charge is 2.21. The van der Waals surface area contributed by atoms with Crippen molar-refractivity contribution in [2.24, 2.45) is 5.10 Å². The van der Waals surface area contributed by atoms with Crippen molar-refractivity contribution < 1.29 is 9.66 Å². The number of nitro groups is 1. The van der Waals surface area contributed by atoms with Crippen molar-refractivity contribution >= 4 is 54.7 Å². The first kappa shape index (κ1) is 27.2. The molecule has 38 heavy (non-hydrogen) atoms. The van der Waals surface area contributed by atoms with Gasteiger partial charge in [-0.1, -0.05) is 63.4 Å². The van der Waals surface area contributed by atoms with E-state index in [-0.39, 0.29) is 29.2 Å². The minimum absolute atomic E-state index is 0.0330. The first-order chi connectivity index (χ1) is 18.3. The maximum absolute atomic E-state index is 13.4. The number of nitriles is 1. The molecule has 0 fully saturated rings. The summed E-state index contributed by atoms with van der Waals surface area (Å²) in [4.78, 5) is 29.4. The molecule has 11 heteroatoms. The Balaban J connectivity index is 1.82. The van der Waals surface area contributed by atoms with E-state index >= 15 is 0 Å². The topological polar surface area (TPSA) is 123 Å². The molecule has 0 bridgehead atoms. The fourth-order valence-corrected chi connectivity index (χ4v) is 4.65. The average molecular weight is 639 g/mol. The van der Waals surface area contributed by atoms with Gasteiger partial charge in [0.2, 0.25) is 5.75 Å². The van der Waals surface area contributed by atoms with Crippen LogP contribution in [0.2, 0.25) is 0 Å². The molecule has 0 saturated carbocycles. The fraction of sp³-hybridized carbons (Fsp3) is 0.185. The van der Waals surface area contributed by atoms with Gasteiger partial charge in [-0.15, -0.1) is 0 Å². The Kier molecular flexibility index (Phi) is 8.66. The molecule has 1 heterocycles. The average Bonchev–Trinajstić information content (AvgIpc) is 2.91. The maximum Gasteiger partial charge on any atom is 0.312 e. The standard InChI is InChI=1S/C27H21Br2N5O4/c1-2-3-8-25-32-23-10-9-20(28)12-22(23)27(35)33(25)31-15-19-11-21(29)13-24(34(36)37)26(19)38-16-18-7-5-4-6-17(18)14-30/h4-7,9-13,15H,2-3,8,16H2,1H3. The number of ether oxygens (including phenoxy) is 1. The minimum Gasteiger partial charge on any atom is -0.481 e. The van der Waals surface area contributed by atoms with Gasteiger partial charge >= 0.3 is 5.69 Å². The number of aryl methyl sites for hydroxylation is 1. The van der Waals surface area contributed by atoms with Gasteiger partial charge in [-0.25, -0.2) is 4.98 Å². The Morgan fingerprint density at radius 1 is 1.18 bits per heavy atom. The van der Waals surface area contributed by atoms with Crippen LogP contribution in [0.15, 0.2) is 73.4 Å². The summed E-state index contributed by atoms with van der Waals surface area (Å²) in [6, 6.07) is 17.2. The van der Waals surface area contributed by atoms with Crippen LogP contribution >= 0.6 is 31.9 Å². The molecule has 192 valence electrons. The van der Waals surface area contributed by atoms with Gasteiger partial charge in [-0.2, -0.15) is 15.0 Å². The molecule has 4 rings (SSSR count). The lowest BCUT2D eigenvalue weighted by atomic mass is 10.1. The van der Waals surface area contributed by atoms with E-state index in [4.69, 9.17) is 4.74 Å². The molecule has 4 aromatic rings. The normalized spacial score (nSPS) is 11.1. The van der Waals surface area contributed by atoms with Crippen LogP contribution in [0.3, 0.4) is 0 Å². The molecule has 0 aliphatic rings. The first-order valence-electron chi connectivity index (χ1n) is 11.7. The summed E-state index contributed by atoms with van der Waals surface area (Å²) in [5.41, 5.74) is 1.20. The van der Waals surface area contributed by atoms with Crippen LogP contribution in [-0.4, -0.2) is 20.8 Å². The summed E-state index contributed by atoms with van der Waals surface area (Å²) in [5, 5.41) is 26.1. The van der Waals surface area contributed by atoms with E-state index in [9.17, 15) is 20.2 Å². The van der Waals surface area contributed by atoms with Crippen molar-refractivity contribution in [3.8, 4) is 11.8 Å². The molecule has 0 aliphatic carbocycles. The van der Waals surface area contributed by atoms with Gasteiger partial charge in [0.1, 0.15) is 12.4 Å². The lowest BCUT2D eigenvalue weighted by Gasteiger charge is -2.12. The van der Waals surface area contributed by atoms with Gasteiger partial charge in [0.15, 0.2) is 0 Å². The maximum atomic E-state index is 13.4. The van der Waals surface area contributed by atoms with Gasteiger partial charge in [-0.3, -0.25) is 14.9 Å². The van der Waals surface area contributed by atoms with E-state index in [1.54, 1.807) is 42.5 Å². The van der Waals surface area contributed by atoms with Crippen molar-refractivity contribution in [2.45, 2.75) is 32.8 Å². The number of fused-ring (bicyclic) bond motifs is 1. The molecule has 0 amide bonds. The first-order valence-corrected chi connectivity index (χ1v) is 13.2. The van der Waals surface area contributed by atoms with Crippen molar-refractivity contribution in [2.75, 3.05) is 0 Å². The number of benzene rings is 3. The van der Waals surface area contributed by atoms with Crippen molar-refractivity contribution in [1.82, 2.24) is 9.66 Å². The number of rotatable bonds is 9. The summed E-state index contributed by atoms with van der Waals surface area (Å²) in [6.07, 6.45) is 3.59. The SMILES string of the molecule is CCCCc1nc2ccc(Br)cc2c(=O)n1N=Cc1cc(Br)cc([N+](=O)[O-])c1OCc1ccccc1C#N. The number of hydrogen-bond acceptors (Lipinski definition) is 7. The van der Waals surface area contributed by atoms with Gasteiger partial charge in [0.25, 0.3) is 5.56 Å². The molecule has 0 unspecified atom stereocenters. The number of hydrogen-bond donors (Lipinski definition) is 0. The largest absolute Gasteiger partial charge is 0.481 e. The monoisotopic (exact) mass is 637 g/mol. The highest BCUT2D eigenvalue weighted by molar-refractivity contribution is 9.10. The highest BCUT2D eigenvalue weighted by atomic mass is 79.9. The Morgan fingerprint density at radius 2 is 1.97 bits per heavy atom. The van der Waals surface area contributed by atoms with Gasteiger partial charge in [0.05, 0.1) is 33.7 Å². The molecule has 9 nitrogen and oxygen atoms in total. The smallest absolute Gasteiger partial charge is 0.312 e. The second-order valence-electron chi connectivity index (χ2n) is 8.31. The summed E-state index contributed by atoms with van der Waals surface area (Å²) < 4.78 is 8.30. The zero-order valence-electron chi connectivity index (χ0n) is 20.2. The summed E-state index contributed by atoms with van der Waals surface area (Å²) in [5.74, 6) is 0.451. The van der Waals surface area contributed by atoms with Gasteiger partial charge in [0, 0.05) is 32.6 Å². The molecule has 0 atom stereocenters. The van der Waals surface area contributed by atoms with Crippen molar-refractivity contribution in [3.05, 3.63) is 107 Å². The van der Waals surface area contributed by atoms with Gasteiger partial charge < -0.3 is 4.74 Å². The lowest BCUT2D eigenvalue weighted by molar-refractivity contribution is -0.386. The van der Waals surface area contributed by atoms with E-state index in [1.165, 1.54) is 17.0 Å². The summed E-state index contributed by atoms with van der Waals surface area (Å²) >= 11 is 6.71. The van der Waals surface area contributed by atoms with Crippen LogP contribution in [0.1, 0.15) is 42.3 Å². The number of halogens is 2. The fourth-order valence-electron chi connectivity index (χ4n) is 3.82. The number of aromatic nitrogens is 2. The van der Waals surface area contributed by atoms with E-state index in [1.807, 2.05) is 13.0 Å². The van der Waals surface area contributed by atoms with Crippen LogP contribution in [0.5, 0.6) is 5.75 Å². The Morgan fingerprint density at radius 3 is 2.71 bits per heavy atom. The van der Waals surface area contributed by atoms with Crippen LogP contribution < -0.4 is 10.3 Å². The molecule has 0 saturated heterocycles. The number of nitro benzene ring substituents is 1. The van der Waals surface area contributed by atoms with Crippen molar-refractivity contribution in [3.63, 3.8) is 0 Å². The molecular formula is C27H21Br2N5O4. The summed E-state index contributed by atoms with van der Waals surface area (Å²) in [6.45, 7) is 1.97. The second-order valence-corrected chi connectivity index (χ2v) is 10.1. The third-order valence-corrected chi connectivity index (χ3v) is 6.66. The van der Waals surface area contributed by atoms with E-state index in [0.717, 1.165) is 17.3 Å². The van der Waals surface area contributed by atoms with E-state index < -0.39 is 4.92 Å². The molecule has 0 aliphatic heterocycles. The lowest BCUT2D eigenvalue weighted by Crippen LogP contribution is -2.22. The second kappa shape index (κ2) is 12.1. The Bertz CT molecular complexity index is 1660. The van der Waals surface area contributed by atoms with E-state index in [2.05, 4.69) is 48.0 Å². The molecule has 1 aromatic heterocycles. The predicted octanol–water partition coefficient (Wildman–Crippen LogP) is 6.51. The Hall–Kier alpha value is -3.88. The molecule has 0 radical (unpaired) electrons. The molecule has 0 spiro atoms. The zero-order chi connectivity index (χ0) is 27.2. The van der Waals surface area contributed by atoms with Gasteiger partial charge in [-0.05, 0) is 36.8 Å². The van der Waals surface area contributed by atoms with Crippen LogP contribution in [0.4, 0.5) is 5.69 Å². The third-order valence-electron chi connectivity index (χ3n) is 5.71. The van der Waals surface area contributed by atoms with Crippen LogP contribution in [0, 0.1) is 21.4 Å². The molecule has 0 N–H and O–H groups in total. The third kappa shape index (κ3) is 5.98. The van der Waals surface area contributed by atoms with Crippen LogP contribution in [-0.2, 0) is 13.0 Å². The predicted molar refractivity (Wildman–Crippen MR) is 152 cm³/mol. The summed E-state index contributed by atoms with van der Waals surface area (Å²) in [7, 11) is 0.